The Labute approximate surface area is 260 Å². The lowest BCUT2D eigenvalue weighted by Crippen LogP contribution is -2.42. The van der Waals surface area contributed by atoms with Gasteiger partial charge in [0.1, 0.15) is 18.2 Å². The predicted molar refractivity (Wildman–Crippen MR) is 165 cm³/mol. The standard InChI is InChI=1S/C35H33ClF3N3O2/c1-19-6-9-24(10-7-19)44-18-22-12-20(2)13-25(21(22)3)31-26(17-40)33(41)42(29-15-34(4,5)16-30(43)32(29)31)28-11-8-23(36)14-27(28)35(37,38)39/h6-14,31H,15-16,18,41H2,1-5H3. The van der Waals surface area contributed by atoms with Crippen LogP contribution in [0.5, 0.6) is 5.75 Å². The smallest absolute Gasteiger partial charge is 0.418 e. The second-order valence-electron chi connectivity index (χ2n) is 12.4. The van der Waals surface area contributed by atoms with Crippen molar-refractivity contribution in [2.45, 2.75) is 66.2 Å². The van der Waals surface area contributed by atoms with Gasteiger partial charge in [0.15, 0.2) is 5.78 Å². The molecule has 1 aliphatic heterocycles. The minimum atomic E-state index is -4.77. The number of aryl methyl sites for hydroxylation is 2. The zero-order valence-corrected chi connectivity index (χ0v) is 26.0. The Hall–Kier alpha value is -4.22. The molecule has 44 heavy (non-hydrogen) atoms. The maximum absolute atomic E-state index is 14.3. The third-order valence-corrected chi connectivity index (χ3v) is 8.55. The van der Waals surface area contributed by atoms with Crippen LogP contribution in [0, 0.1) is 37.5 Å². The van der Waals surface area contributed by atoms with Gasteiger partial charge in [-0.2, -0.15) is 18.4 Å². The highest BCUT2D eigenvalue weighted by Crippen LogP contribution is 2.52. The molecular formula is C35H33ClF3N3O2. The van der Waals surface area contributed by atoms with Gasteiger partial charge in [-0.05, 0) is 79.6 Å². The van der Waals surface area contributed by atoms with Gasteiger partial charge >= 0.3 is 6.18 Å². The summed E-state index contributed by atoms with van der Waals surface area (Å²) in [6.07, 6.45) is -4.31. The fourth-order valence-corrected chi connectivity index (χ4v) is 6.41. The highest BCUT2D eigenvalue weighted by molar-refractivity contribution is 6.30. The van der Waals surface area contributed by atoms with Gasteiger partial charge in [0.2, 0.25) is 0 Å². The summed E-state index contributed by atoms with van der Waals surface area (Å²) >= 11 is 5.99. The van der Waals surface area contributed by atoms with Crippen LogP contribution >= 0.6 is 11.6 Å². The normalized spacial score (nSPS) is 18.3. The van der Waals surface area contributed by atoms with Crippen LogP contribution < -0.4 is 15.4 Å². The number of nitrogens with zero attached hydrogens (tertiary/aromatic N) is 2. The molecule has 1 unspecified atom stereocenters. The second kappa shape index (κ2) is 11.4. The molecule has 228 valence electrons. The number of benzene rings is 3. The van der Waals surface area contributed by atoms with Crippen LogP contribution in [-0.2, 0) is 17.6 Å². The van der Waals surface area contributed by atoms with Gasteiger partial charge in [-0.15, -0.1) is 0 Å². The van der Waals surface area contributed by atoms with Gasteiger partial charge in [-0.3, -0.25) is 9.69 Å². The molecule has 2 N–H and O–H groups in total. The Morgan fingerprint density at radius 1 is 1.05 bits per heavy atom. The summed E-state index contributed by atoms with van der Waals surface area (Å²) in [6.45, 7) is 9.84. The summed E-state index contributed by atoms with van der Waals surface area (Å²) in [6, 6.07) is 17.2. The van der Waals surface area contributed by atoms with Crippen molar-refractivity contribution in [2.24, 2.45) is 11.1 Å². The molecule has 2 aliphatic rings. The minimum absolute atomic E-state index is 0.0129. The first-order valence-corrected chi connectivity index (χ1v) is 14.6. The van der Waals surface area contributed by atoms with Crippen LogP contribution in [0.1, 0.15) is 66.0 Å². The van der Waals surface area contributed by atoms with E-state index in [0.29, 0.717) is 17.0 Å². The molecule has 1 atom stereocenters. The molecule has 0 bridgehead atoms. The number of rotatable bonds is 5. The molecule has 0 aromatic heterocycles. The number of ketones is 1. The number of alkyl halides is 3. The van der Waals surface area contributed by atoms with Crippen molar-refractivity contribution in [3.05, 3.63) is 116 Å². The number of hydrogen-bond acceptors (Lipinski definition) is 5. The fourth-order valence-electron chi connectivity index (χ4n) is 6.23. The van der Waals surface area contributed by atoms with Crippen LogP contribution in [0.2, 0.25) is 5.02 Å². The molecule has 5 nitrogen and oxygen atoms in total. The Bertz CT molecular complexity index is 1770. The molecule has 0 spiro atoms. The van der Waals surface area contributed by atoms with Crippen LogP contribution in [0.3, 0.4) is 0 Å². The molecule has 3 aromatic carbocycles. The van der Waals surface area contributed by atoms with Crippen molar-refractivity contribution in [3.8, 4) is 11.8 Å². The SMILES string of the molecule is Cc1ccc(OCc2cc(C)cc(C3C(C#N)=C(N)N(c4ccc(Cl)cc4C(F)(F)F)C4=C3C(=O)CC(C)(C)C4)c2C)cc1. The number of hydrogen-bond donors (Lipinski definition) is 1. The summed E-state index contributed by atoms with van der Waals surface area (Å²) in [4.78, 5) is 15.2. The largest absolute Gasteiger partial charge is 0.489 e. The molecule has 0 saturated carbocycles. The van der Waals surface area contributed by atoms with Crippen molar-refractivity contribution >= 4 is 23.1 Å². The molecule has 5 rings (SSSR count). The second-order valence-corrected chi connectivity index (χ2v) is 12.8. The number of carbonyl (C=O) groups excluding carboxylic acids is 1. The van der Waals surface area contributed by atoms with Gasteiger partial charge in [0.25, 0.3) is 0 Å². The van der Waals surface area contributed by atoms with E-state index >= 15 is 0 Å². The molecule has 0 radical (unpaired) electrons. The first-order valence-electron chi connectivity index (χ1n) is 14.2. The monoisotopic (exact) mass is 619 g/mol. The molecular weight excluding hydrogens is 587 g/mol. The van der Waals surface area contributed by atoms with E-state index in [9.17, 15) is 23.2 Å². The predicted octanol–water partition coefficient (Wildman–Crippen LogP) is 8.80. The van der Waals surface area contributed by atoms with Gasteiger partial charge in [-0.25, -0.2) is 0 Å². The fraction of sp³-hybridized carbons (Fsp3) is 0.314. The third kappa shape index (κ3) is 5.81. The molecule has 9 heteroatoms. The Balaban J connectivity index is 1.71. The topological polar surface area (TPSA) is 79.3 Å². The molecule has 0 amide bonds. The van der Waals surface area contributed by atoms with E-state index in [1.54, 1.807) is 0 Å². The quantitative estimate of drug-likeness (QED) is 0.309. The first-order chi connectivity index (χ1) is 20.6. The first kappa shape index (κ1) is 31.2. The van der Waals surface area contributed by atoms with Gasteiger partial charge < -0.3 is 10.5 Å². The number of nitrogens with two attached hydrogens (primary N) is 1. The third-order valence-electron chi connectivity index (χ3n) is 8.31. The average Bonchev–Trinajstić information content (AvgIpc) is 2.93. The number of halogens is 4. The number of anilines is 1. The van der Waals surface area contributed by atoms with E-state index in [2.05, 4.69) is 6.07 Å². The zero-order valence-electron chi connectivity index (χ0n) is 25.2. The molecule has 0 fully saturated rings. The summed E-state index contributed by atoms with van der Waals surface area (Å²) in [5.41, 5.74) is 9.85. The van der Waals surface area contributed by atoms with Crippen LogP contribution in [-0.4, -0.2) is 5.78 Å². The van der Waals surface area contributed by atoms with Crippen molar-refractivity contribution in [3.63, 3.8) is 0 Å². The summed E-state index contributed by atoms with van der Waals surface area (Å²) in [5, 5.41) is 10.4. The number of carbonyl (C=O) groups is 1. The van der Waals surface area contributed by atoms with Crippen molar-refractivity contribution in [2.75, 3.05) is 4.90 Å². The maximum Gasteiger partial charge on any atom is 0.418 e. The van der Waals surface area contributed by atoms with E-state index in [4.69, 9.17) is 22.1 Å². The van der Waals surface area contributed by atoms with Crippen LogP contribution in [0.15, 0.2) is 77.3 Å². The molecule has 1 aliphatic carbocycles. The van der Waals surface area contributed by atoms with Gasteiger partial charge in [0, 0.05) is 22.7 Å². The molecule has 3 aromatic rings. The maximum atomic E-state index is 14.3. The molecule has 0 saturated heterocycles. The van der Waals surface area contributed by atoms with Crippen LogP contribution in [0.25, 0.3) is 0 Å². The van der Waals surface area contributed by atoms with Crippen molar-refractivity contribution in [1.82, 2.24) is 0 Å². The molecule has 1 heterocycles. The van der Waals surface area contributed by atoms with Crippen molar-refractivity contribution < 1.29 is 22.7 Å². The highest BCUT2D eigenvalue weighted by atomic mass is 35.5. The van der Waals surface area contributed by atoms with Gasteiger partial charge in [-0.1, -0.05) is 60.8 Å². The highest BCUT2D eigenvalue weighted by Gasteiger charge is 2.47. The lowest BCUT2D eigenvalue weighted by Gasteiger charge is -2.44. The van der Waals surface area contributed by atoms with E-state index in [-0.39, 0.29) is 52.9 Å². The van der Waals surface area contributed by atoms with Crippen molar-refractivity contribution in [1.29, 1.82) is 5.26 Å². The number of Topliss-reactive ketones (excluding diaryl/α,β-unsaturated/α-hetero) is 1. The average molecular weight is 620 g/mol. The Morgan fingerprint density at radius 3 is 2.36 bits per heavy atom. The zero-order chi connectivity index (χ0) is 32.1. The lowest BCUT2D eigenvalue weighted by atomic mass is 9.67. The summed E-state index contributed by atoms with van der Waals surface area (Å²) in [7, 11) is 0. The summed E-state index contributed by atoms with van der Waals surface area (Å²) < 4.78 is 49.1. The number of ether oxygens (including phenoxy) is 1. The van der Waals surface area contributed by atoms with E-state index in [1.807, 2.05) is 71.0 Å². The Kier molecular flexibility index (Phi) is 8.06. The van der Waals surface area contributed by atoms with Crippen LogP contribution in [0.4, 0.5) is 18.9 Å². The Morgan fingerprint density at radius 2 is 1.73 bits per heavy atom. The minimum Gasteiger partial charge on any atom is -0.489 e. The number of allylic oxidation sites excluding steroid dienone is 3. The number of nitriles is 1. The van der Waals surface area contributed by atoms with E-state index < -0.39 is 23.1 Å². The van der Waals surface area contributed by atoms with Gasteiger partial charge in [0.05, 0.1) is 28.8 Å². The van der Waals surface area contributed by atoms with E-state index in [0.717, 1.165) is 28.3 Å². The lowest BCUT2D eigenvalue weighted by molar-refractivity contribution is -0.137. The summed E-state index contributed by atoms with van der Waals surface area (Å²) in [5.74, 6) is -0.527. The van der Waals surface area contributed by atoms with E-state index in [1.165, 1.54) is 17.0 Å².